The molecule has 0 unspecified atom stereocenters. The second-order valence-electron chi connectivity index (χ2n) is 12.6. The van der Waals surface area contributed by atoms with Gasteiger partial charge in [-0.05, 0) is 90.5 Å². The zero-order valence-electron chi connectivity index (χ0n) is 27.0. The predicted octanol–water partition coefficient (Wildman–Crippen LogP) is 13.6. The Kier molecular flexibility index (Phi) is 7.22. The van der Waals surface area contributed by atoms with Gasteiger partial charge in [-0.25, -0.2) is 0 Å². The van der Waals surface area contributed by atoms with Crippen LogP contribution in [0.5, 0.6) is 0 Å². The largest absolute Gasteiger partial charge is 0.310 e. The Morgan fingerprint density at radius 3 is 1.49 bits per heavy atom. The Morgan fingerprint density at radius 2 is 0.776 bits per heavy atom. The number of para-hydroxylation sites is 1. The van der Waals surface area contributed by atoms with Crippen molar-refractivity contribution < 1.29 is 0 Å². The van der Waals surface area contributed by atoms with Crippen LogP contribution in [-0.2, 0) is 0 Å². The first-order chi connectivity index (χ1) is 24.3. The highest BCUT2D eigenvalue weighted by Crippen LogP contribution is 2.43. The van der Waals surface area contributed by atoms with Crippen LogP contribution >= 0.6 is 0 Å². The molecular formula is C48H33N. The number of rotatable bonds is 6. The first-order valence-electron chi connectivity index (χ1n) is 16.8. The van der Waals surface area contributed by atoms with Crippen molar-refractivity contribution in [2.24, 2.45) is 0 Å². The molecule has 0 radical (unpaired) electrons. The molecule has 0 heterocycles. The lowest BCUT2D eigenvalue weighted by atomic mass is 9.95. The maximum absolute atomic E-state index is 2.40. The van der Waals surface area contributed by atoms with Crippen LogP contribution in [0, 0.1) is 0 Å². The molecule has 0 spiro atoms. The van der Waals surface area contributed by atoms with Crippen molar-refractivity contribution in [2.75, 3.05) is 4.90 Å². The Hall–Kier alpha value is -6.44. The van der Waals surface area contributed by atoms with Crippen molar-refractivity contribution in [3.8, 4) is 33.4 Å². The molecule has 0 aliphatic rings. The highest BCUT2D eigenvalue weighted by Gasteiger charge is 2.18. The first kappa shape index (κ1) is 28.8. The lowest BCUT2D eigenvalue weighted by Crippen LogP contribution is -2.11. The number of fused-ring (bicyclic) bond motifs is 5. The molecule has 49 heavy (non-hydrogen) atoms. The minimum absolute atomic E-state index is 1.11. The molecule has 9 rings (SSSR count). The van der Waals surface area contributed by atoms with Gasteiger partial charge in [-0.2, -0.15) is 0 Å². The van der Waals surface area contributed by atoms with Gasteiger partial charge in [0.25, 0.3) is 0 Å². The number of nitrogens with zero attached hydrogens (tertiary/aromatic N) is 1. The molecule has 9 aromatic rings. The van der Waals surface area contributed by atoms with E-state index in [0.29, 0.717) is 0 Å². The van der Waals surface area contributed by atoms with Crippen molar-refractivity contribution in [1.82, 2.24) is 0 Å². The second-order valence-corrected chi connectivity index (χ2v) is 12.6. The van der Waals surface area contributed by atoms with Gasteiger partial charge in [0.15, 0.2) is 0 Å². The molecule has 9 aromatic carbocycles. The molecule has 0 saturated carbocycles. The van der Waals surface area contributed by atoms with Crippen LogP contribution in [0.2, 0.25) is 0 Å². The number of anilines is 3. The summed E-state index contributed by atoms with van der Waals surface area (Å²) in [5.74, 6) is 0. The summed E-state index contributed by atoms with van der Waals surface area (Å²) in [7, 11) is 0. The third kappa shape index (κ3) is 5.32. The Morgan fingerprint density at radius 1 is 0.286 bits per heavy atom. The second kappa shape index (κ2) is 12.3. The molecule has 0 atom stereocenters. The molecule has 0 aliphatic carbocycles. The van der Waals surface area contributed by atoms with Crippen LogP contribution in [0.4, 0.5) is 17.1 Å². The third-order valence-corrected chi connectivity index (χ3v) is 9.65. The number of benzene rings is 9. The standard InChI is InChI=1S/C48H33N/c1-3-11-34(12-4-1)36-19-21-39(22-20-36)44-16-9-10-18-47(44)49(42-29-27-37(28-30-42)35-13-5-2-6-14-35)43-31-32-46-41(33-43)26-25-40-24-23-38-15-7-8-17-45(38)48(40)46/h1-33H. The molecule has 0 amide bonds. The molecule has 0 aromatic heterocycles. The van der Waals surface area contributed by atoms with Gasteiger partial charge in [0.1, 0.15) is 0 Å². The molecule has 1 nitrogen and oxygen atoms in total. The SMILES string of the molecule is c1ccc(-c2ccc(-c3ccccc3N(c3ccc(-c4ccccc4)cc3)c3ccc4c(ccc5ccc6ccccc6c54)c3)cc2)cc1. The maximum Gasteiger partial charge on any atom is 0.0540 e. The molecule has 0 saturated heterocycles. The average molecular weight is 624 g/mol. The maximum atomic E-state index is 2.40. The molecule has 230 valence electrons. The van der Waals surface area contributed by atoms with Crippen LogP contribution in [0.25, 0.3) is 65.7 Å². The van der Waals surface area contributed by atoms with E-state index in [1.165, 1.54) is 65.7 Å². The van der Waals surface area contributed by atoms with Gasteiger partial charge < -0.3 is 4.90 Å². The fourth-order valence-corrected chi connectivity index (χ4v) is 7.21. The smallest absolute Gasteiger partial charge is 0.0540 e. The van der Waals surface area contributed by atoms with E-state index < -0.39 is 0 Å². The zero-order valence-corrected chi connectivity index (χ0v) is 27.0. The molecule has 0 N–H and O–H groups in total. The molecule has 0 bridgehead atoms. The van der Waals surface area contributed by atoms with Crippen LogP contribution in [-0.4, -0.2) is 0 Å². The van der Waals surface area contributed by atoms with Crippen molar-refractivity contribution in [3.05, 3.63) is 200 Å². The summed E-state index contributed by atoms with van der Waals surface area (Å²) < 4.78 is 0. The van der Waals surface area contributed by atoms with Crippen molar-refractivity contribution in [2.45, 2.75) is 0 Å². The summed E-state index contributed by atoms with van der Waals surface area (Å²) in [5, 5.41) is 7.60. The van der Waals surface area contributed by atoms with Crippen LogP contribution < -0.4 is 4.90 Å². The van der Waals surface area contributed by atoms with Crippen LogP contribution in [0.3, 0.4) is 0 Å². The fourth-order valence-electron chi connectivity index (χ4n) is 7.21. The lowest BCUT2D eigenvalue weighted by Gasteiger charge is -2.28. The van der Waals surface area contributed by atoms with E-state index in [1.807, 2.05) is 0 Å². The quantitative estimate of drug-likeness (QED) is 0.167. The Bertz CT molecular complexity index is 2570. The summed E-state index contributed by atoms with van der Waals surface area (Å²) in [5.41, 5.74) is 10.6. The lowest BCUT2D eigenvalue weighted by molar-refractivity contribution is 1.29. The average Bonchev–Trinajstić information content (AvgIpc) is 3.19. The van der Waals surface area contributed by atoms with Gasteiger partial charge in [-0.3, -0.25) is 0 Å². The minimum atomic E-state index is 1.11. The van der Waals surface area contributed by atoms with Gasteiger partial charge in [0.2, 0.25) is 0 Å². The minimum Gasteiger partial charge on any atom is -0.310 e. The normalized spacial score (nSPS) is 11.3. The highest BCUT2D eigenvalue weighted by atomic mass is 15.1. The van der Waals surface area contributed by atoms with E-state index >= 15 is 0 Å². The Balaban J connectivity index is 1.21. The van der Waals surface area contributed by atoms with Gasteiger partial charge in [-0.1, -0.05) is 170 Å². The monoisotopic (exact) mass is 623 g/mol. The van der Waals surface area contributed by atoms with Crippen molar-refractivity contribution >= 4 is 49.4 Å². The van der Waals surface area contributed by atoms with E-state index in [1.54, 1.807) is 0 Å². The van der Waals surface area contributed by atoms with Gasteiger partial charge in [0, 0.05) is 16.9 Å². The molecule has 0 fully saturated rings. The molecule has 1 heteroatoms. The van der Waals surface area contributed by atoms with Crippen LogP contribution in [0.15, 0.2) is 200 Å². The Labute approximate surface area is 287 Å². The van der Waals surface area contributed by atoms with Gasteiger partial charge in [0.05, 0.1) is 5.69 Å². The van der Waals surface area contributed by atoms with E-state index in [9.17, 15) is 0 Å². The summed E-state index contributed by atoms with van der Waals surface area (Å²) >= 11 is 0. The molecular weight excluding hydrogens is 591 g/mol. The highest BCUT2D eigenvalue weighted by molar-refractivity contribution is 6.20. The summed E-state index contributed by atoms with van der Waals surface area (Å²) in [6.07, 6.45) is 0. The number of hydrogen-bond donors (Lipinski definition) is 0. The summed E-state index contributed by atoms with van der Waals surface area (Å²) in [6, 6.07) is 72.4. The number of hydrogen-bond acceptors (Lipinski definition) is 1. The zero-order chi connectivity index (χ0) is 32.6. The van der Waals surface area contributed by atoms with Crippen LogP contribution in [0.1, 0.15) is 0 Å². The third-order valence-electron chi connectivity index (χ3n) is 9.65. The van der Waals surface area contributed by atoms with Crippen molar-refractivity contribution in [1.29, 1.82) is 0 Å². The van der Waals surface area contributed by atoms with Gasteiger partial charge >= 0.3 is 0 Å². The van der Waals surface area contributed by atoms with E-state index in [0.717, 1.165) is 17.1 Å². The predicted molar refractivity (Wildman–Crippen MR) is 210 cm³/mol. The van der Waals surface area contributed by atoms with E-state index in [2.05, 4.69) is 205 Å². The fraction of sp³-hybridized carbons (Fsp3) is 0. The van der Waals surface area contributed by atoms with E-state index in [4.69, 9.17) is 0 Å². The topological polar surface area (TPSA) is 3.24 Å². The van der Waals surface area contributed by atoms with E-state index in [-0.39, 0.29) is 0 Å². The summed E-state index contributed by atoms with van der Waals surface area (Å²) in [4.78, 5) is 2.40. The summed E-state index contributed by atoms with van der Waals surface area (Å²) in [6.45, 7) is 0. The molecule has 0 aliphatic heterocycles. The van der Waals surface area contributed by atoms with Gasteiger partial charge in [-0.15, -0.1) is 0 Å². The van der Waals surface area contributed by atoms with Crippen molar-refractivity contribution in [3.63, 3.8) is 0 Å². The first-order valence-corrected chi connectivity index (χ1v) is 16.8.